The highest BCUT2D eigenvalue weighted by atomic mass is 32.2. The van der Waals surface area contributed by atoms with E-state index in [4.69, 9.17) is 0 Å². The van der Waals surface area contributed by atoms with Crippen molar-refractivity contribution in [2.24, 2.45) is 0 Å². The molecule has 170 valence electrons. The average Bonchev–Trinajstić information content (AvgIpc) is 3.17. The van der Waals surface area contributed by atoms with Crippen molar-refractivity contribution in [3.8, 4) is 11.4 Å². The van der Waals surface area contributed by atoms with Crippen LogP contribution in [0, 0.1) is 19.7 Å². The summed E-state index contributed by atoms with van der Waals surface area (Å²) in [5, 5.41) is 9.92. The first-order valence-corrected chi connectivity index (χ1v) is 12.7. The van der Waals surface area contributed by atoms with Gasteiger partial charge in [0.15, 0.2) is 11.0 Å². The van der Waals surface area contributed by atoms with E-state index < -0.39 is 0 Å². The summed E-state index contributed by atoms with van der Waals surface area (Å²) < 4.78 is 16.9. The average molecular weight is 452 g/mol. The van der Waals surface area contributed by atoms with Crippen LogP contribution in [-0.4, -0.2) is 14.8 Å². The van der Waals surface area contributed by atoms with Crippen molar-refractivity contribution in [3.63, 3.8) is 0 Å². The highest BCUT2D eigenvalue weighted by Gasteiger charge is 2.25. The third-order valence-electron chi connectivity index (χ3n) is 6.63. The molecule has 5 heteroatoms. The topological polar surface area (TPSA) is 30.7 Å². The van der Waals surface area contributed by atoms with Gasteiger partial charge in [0, 0.05) is 11.8 Å². The van der Waals surface area contributed by atoms with Crippen LogP contribution < -0.4 is 0 Å². The molecule has 1 aromatic heterocycles. The summed E-state index contributed by atoms with van der Waals surface area (Å²) in [5.41, 5.74) is 6.04. The van der Waals surface area contributed by atoms with E-state index in [1.165, 1.54) is 47.6 Å². The molecule has 2 aromatic carbocycles. The van der Waals surface area contributed by atoms with Crippen LogP contribution in [0.4, 0.5) is 4.39 Å². The number of aryl methyl sites for hydroxylation is 2. The molecule has 0 atom stereocenters. The van der Waals surface area contributed by atoms with E-state index in [1.807, 2.05) is 12.1 Å². The molecule has 0 aliphatic heterocycles. The number of aromatic nitrogens is 3. The van der Waals surface area contributed by atoms with Crippen LogP contribution in [0.5, 0.6) is 0 Å². The highest BCUT2D eigenvalue weighted by Crippen LogP contribution is 2.38. The highest BCUT2D eigenvalue weighted by molar-refractivity contribution is 7.98. The van der Waals surface area contributed by atoms with Crippen LogP contribution in [0.25, 0.3) is 11.4 Å². The quantitative estimate of drug-likeness (QED) is 0.371. The molecule has 0 unspecified atom stereocenters. The molecule has 4 rings (SSSR count). The number of benzene rings is 2. The third-order valence-corrected chi connectivity index (χ3v) is 7.60. The second-order valence-electron chi connectivity index (χ2n) is 10.1. The molecular weight excluding hydrogens is 417 g/mol. The molecule has 1 saturated carbocycles. The Morgan fingerprint density at radius 1 is 1.00 bits per heavy atom. The van der Waals surface area contributed by atoms with Gasteiger partial charge in [-0.25, -0.2) is 4.39 Å². The van der Waals surface area contributed by atoms with Crippen molar-refractivity contribution in [1.82, 2.24) is 14.8 Å². The minimum atomic E-state index is -0.238. The van der Waals surface area contributed by atoms with E-state index in [2.05, 4.69) is 61.5 Å². The fourth-order valence-electron chi connectivity index (χ4n) is 4.66. The summed E-state index contributed by atoms with van der Waals surface area (Å²) >= 11 is 1.72. The zero-order valence-electron chi connectivity index (χ0n) is 19.9. The summed E-state index contributed by atoms with van der Waals surface area (Å²) in [7, 11) is 0. The fourth-order valence-corrected chi connectivity index (χ4v) is 5.86. The monoisotopic (exact) mass is 451 g/mol. The van der Waals surface area contributed by atoms with Crippen LogP contribution in [0.1, 0.15) is 81.2 Å². The Morgan fingerprint density at radius 2 is 1.66 bits per heavy atom. The van der Waals surface area contributed by atoms with Crippen molar-refractivity contribution in [2.45, 2.75) is 89.1 Å². The van der Waals surface area contributed by atoms with Crippen molar-refractivity contribution >= 4 is 11.8 Å². The van der Waals surface area contributed by atoms with E-state index in [-0.39, 0.29) is 11.2 Å². The number of thioether (sulfide) groups is 1. The van der Waals surface area contributed by atoms with E-state index in [0.717, 1.165) is 23.8 Å². The minimum Gasteiger partial charge on any atom is -0.299 e. The van der Waals surface area contributed by atoms with Crippen LogP contribution >= 0.6 is 11.8 Å². The smallest absolute Gasteiger partial charge is 0.192 e. The number of hydrogen-bond acceptors (Lipinski definition) is 3. The lowest BCUT2D eigenvalue weighted by molar-refractivity contribution is 0.339. The molecule has 0 saturated heterocycles. The lowest BCUT2D eigenvalue weighted by Crippen LogP contribution is -2.15. The molecule has 1 heterocycles. The molecule has 1 aliphatic rings. The SMILES string of the molecule is Cc1cc(C(C)(C)C)cc(C)c1CSc1nnc(-c2ccccc2F)n1C1CCCCC1. The third kappa shape index (κ3) is 4.78. The van der Waals surface area contributed by atoms with Crippen molar-refractivity contribution in [2.75, 3.05) is 0 Å². The Balaban J connectivity index is 1.67. The van der Waals surface area contributed by atoms with Gasteiger partial charge < -0.3 is 0 Å². The van der Waals surface area contributed by atoms with Gasteiger partial charge in [0.2, 0.25) is 0 Å². The molecule has 0 N–H and O–H groups in total. The molecule has 3 aromatic rings. The molecule has 0 spiro atoms. The summed E-state index contributed by atoms with van der Waals surface area (Å²) in [4.78, 5) is 0. The first kappa shape index (κ1) is 23.0. The predicted molar refractivity (Wildman–Crippen MR) is 132 cm³/mol. The maximum Gasteiger partial charge on any atom is 0.192 e. The Morgan fingerprint density at radius 3 is 2.28 bits per heavy atom. The molecule has 1 aliphatic carbocycles. The van der Waals surface area contributed by atoms with Gasteiger partial charge in [-0.3, -0.25) is 4.57 Å². The summed E-state index contributed by atoms with van der Waals surface area (Å²) in [6, 6.07) is 11.9. The number of nitrogens with zero attached hydrogens (tertiary/aromatic N) is 3. The second-order valence-corrected chi connectivity index (χ2v) is 11.0. The summed E-state index contributed by atoms with van der Waals surface area (Å²) in [6.07, 6.45) is 5.89. The van der Waals surface area contributed by atoms with E-state index >= 15 is 0 Å². The fraction of sp³-hybridized carbons (Fsp3) is 0.481. The van der Waals surface area contributed by atoms with Crippen molar-refractivity contribution in [1.29, 1.82) is 0 Å². The van der Waals surface area contributed by atoms with Gasteiger partial charge in [-0.05, 0) is 66.5 Å². The van der Waals surface area contributed by atoms with Gasteiger partial charge in [-0.2, -0.15) is 0 Å². The zero-order valence-corrected chi connectivity index (χ0v) is 20.7. The van der Waals surface area contributed by atoms with Crippen molar-refractivity contribution in [3.05, 3.63) is 64.5 Å². The Hall–Kier alpha value is -2.14. The summed E-state index contributed by atoms with van der Waals surface area (Å²) in [5.74, 6) is 1.26. The number of hydrogen-bond donors (Lipinski definition) is 0. The lowest BCUT2D eigenvalue weighted by Gasteiger charge is -2.26. The predicted octanol–water partition coefficient (Wildman–Crippen LogP) is 7.80. The molecule has 3 nitrogen and oxygen atoms in total. The van der Waals surface area contributed by atoms with Gasteiger partial charge in [0.25, 0.3) is 0 Å². The van der Waals surface area contributed by atoms with E-state index in [9.17, 15) is 4.39 Å². The largest absolute Gasteiger partial charge is 0.299 e. The van der Waals surface area contributed by atoms with E-state index in [0.29, 0.717) is 17.4 Å². The maximum atomic E-state index is 14.6. The van der Waals surface area contributed by atoms with Gasteiger partial charge in [0.05, 0.1) is 5.56 Å². The van der Waals surface area contributed by atoms with Crippen LogP contribution in [-0.2, 0) is 11.2 Å². The zero-order chi connectivity index (χ0) is 22.9. The second kappa shape index (κ2) is 9.38. The molecule has 0 amide bonds. The van der Waals surface area contributed by atoms with Gasteiger partial charge >= 0.3 is 0 Å². The Labute approximate surface area is 195 Å². The van der Waals surface area contributed by atoms with Crippen LogP contribution in [0.3, 0.4) is 0 Å². The molecular formula is C27H34FN3S. The Bertz CT molecular complexity index is 1070. The van der Waals surface area contributed by atoms with Gasteiger partial charge in [-0.1, -0.05) is 76.1 Å². The standard InChI is InChI=1S/C27H34FN3S/c1-18-15-20(27(3,4)5)16-19(2)23(18)17-32-26-30-29-25(22-13-9-10-14-24(22)28)31(26)21-11-7-6-8-12-21/h9-10,13-16,21H,6-8,11-12,17H2,1-5H3. The van der Waals surface area contributed by atoms with Crippen LogP contribution in [0.15, 0.2) is 41.6 Å². The molecule has 0 bridgehead atoms. The summed E-state index contributed by atoms with van der Waals surface area (Å²) in [6.45, 7) is 11.2. The Kier molecular flexibility index (Phi) is 6.75. The minimum absolute atomic E-state index is 0.136. The lowest BCUT2D eigenvalue weighted by atomic mass is 9.84. The van der Waals surface area contributed by atoms with Gasteiger partial charge in [-0.15, -0.1) is 10.2 Å². The first-order valence-electron chi connectivity index (χ1n) is 11.7. The number of rotatable bonds is 5. The van der Waals surface area contributed by atoms with E-state index in [1.54, 1.807) is 17.8 Å². The van der Waals surface area contributed by atoms with Crippen molar-refractivity contribution < 1.29 is 4.39 Å². The molecule has 0 radical (unpaired) electrons. The maximum absolute atomic E-state index is 14.6. The molecule has 32 heavy (non-hydrogen) atoms. The van der Waals surface area contributed by atoms with Gasteiger partial charge in [0.1, 0.15) is 5.82 Å². The first-order chi connectivity index (χ1) is 15.3. The number of halogens is 1. The molecule has 1 fully saturated rings. The normalized spacial score (nSPS) is 15.3. The van der Waals surface area contributed by atoms with Crippen LogP contribution in [0.2, 0.25) is 0 Å².